The van der Waals surface area contributed by atoms with Crippen LogP contribution in [0.4, 0.5) is 0 Å². The lowest BCUT2D eigenvalue weighted by Crippen LogP contribution is -2.35. The third kappa shape index (κ3) is 6.20. The summed E-state index contributed by atoms with van der Waals surface area (Å²) in [5.41, 5.74) is 1.32. The summed E-state index contributed by atoms with van der Waals surface area (Å²) in [6.45, 7) is 9.77. The Morgan fingerprint density at radius 1 is 1.05 bits per heavy atom. The fourth-order valence-electron chi connectivity index (χ4n) is 2.13. The van der Waals surface area contributed by atoms with Gasteiger partial charge in [-0.3, -0.25) is 4.79 Å². The Bertz CT molecular complexity index is 387. The number of carbonyl (C=O) groups excluding carboxylic acids is 1. The summed E-state index contributed by atoms with van der Waals surface area (Å²) in [4.78, 5) is 11.5. The quantitative estimate of drug-likeness (QED) is 0.716. The van der Waals surface area contributed by atoms with E-state index >= 15 is 0 Å². The summed E-state index contributed by atoms with van der Waals surface area (Å²) < 4.78 is 0. The Labute approximate surface area is 123 Å². The molecule has 0 saturated carbocycles. The van der Waals surface area contributed by atoms with Gasteiger partial charge < -0.3 is 10.6 Å². The van der Waals surface area contributed by atoms with Gasteiger partial charge in [0.1, 0.15) is 0 Å². The van der Waals surface area contributed by atoms with Crippen molar-refractivity contribution in [3.8, 4) is 0 Å². The molecule has 0 saturated heterocycles. The summed E-state index contributed by atoms with van der Waals surface area (Å²) in [5, 5.41) is 6.49. The van der Waals surface area contributed by atoms with Gasteiger partial charge in [-0.05, 0) is 17.9 Å². The molecule has 1 unspecified atom stereocenters. The van der Waals surface area contributed by atoms with Gasteiger partial charge >= 0.3 is 0 Å². The molecule has 0 bridgehead atoms. The number of hydrogen-bond acceptors (Lipinski definition) is 2. The highest BCUT2D eigenvalue weighted by atomic mass is 16.1. The molecule has 0 radical (unpaired) electrons. The minimum absolute atomic E-state index is 0.0515. The SMILES string of the molecule is CC(C)CC(NCCNC(=O)C(C)C)c1ccccc1. The van der Waals surface area contributed by atoms with Gasteiger partial charge in [-0.1, -0.05) is 58.0 Å². The molecule has 0 spiro atoms. The Morgan fingerprint density at radius 2 is 1.70 bits per heavy atom. The van der Waals surface area contributed by atoms with E-state index in [4.69, 9.17) is 0 Å². The monoisotopic (exact) mass is 276 g/mol. The highest BCUT2D eigenvalue weighted by Crippen LogP contribution is 2.20. The first-order valence-electron chi connectivity index (χ1n) is 7.56. The third-order valence-corrected chi connectivity index (χ3v) is 3.25. The molecule has 0 heterocycles. The van der Waals surface area contributed by atoms with Crippen molar-refractivity contribution in [1.29, 1.82) is 0 Å². The number of carbonyl (C=O) groups is 1. The van der Waals surface area contributed by atoms with Crippen molar-refractivity contribution in [2.24, 2.45) is 11.8 Å². The first-order chi connectivity index (χ1) is 9.50. The molecule has 1 amide bonds. The standard InChI is InChI=1S/C17H28N2O/c1-13(2)12-16(15-8-6-5-7-9-15)18-10-11-19-17(20)14(3)4/h5-9,13-14,16,18H,10-12H2,1-4H3,(H,19,20). The van der Waals surface area contributed by atoms with Crippen LogP contribution in [-0.4, -0.2) is 19.0 Å². The number of nitrogens with one attached hydrogen (secondary N) is 2. The second-order valence-corrected chi connectivity index (χ2v) is 5.99. The Kier molecular flexibility index (Phi) is 7.31. The zero-order chi connectivity index (χ0) is 15.0. The number of benzene rings is 1. The first kappa shape index (κ1) is 16.7. The van der Waals surface area contributed by atoms with Crippen LogP contribution in [0.2, 0.25) is 0 Å². The smallest absolute Gasteiger partial charge is 0.222 e. The van der Waals surface area contributed by atoms with Crippen molar-refractivity contribution in [3.63, 3.8) is 0 Å². The van der Waals surface area contributed by atoms with E-state index in [2.05, 4.69) is 48.7 Å². The maximum atomic E-state index is 11.5. The summed E-state index contributed by atoms with van der Waals surface area (Å²) >= 11 is 0. The minimum atomic E-state index is 0.0515. The second kappa shape index (κ2) is 8.75. The largest absolute Gasteiger partial charge is 0.355 e. The fourth-order valence-corrected chi connectivity index (χ4v) is 2.13. The van der Waals surface area contributed by atoms with Gasteiger partial charge in [0.05, 0.1) is 0 Å². The van der Waals surface area contributed by atoms with Crippen LogP contribution in [-0.2, 0) is 4.79 Å². The van der Waals surface area contributed by atoms with Gasteiger partial charge in [0, 0.05) is 25.0 Å². The van der Waals surface area contributed by atoms with Gasteiger partial charge in [-0.2, -0.15) is 0 Å². The second-order valence-electron chi connectivity index (χ2n) is 5.99. The van der Waals surface area contributed by atoms with Crippen LogP contribution in [0.15, 0.2) is 30.3 Å². The summed E-state index contributed by atoms with van der Waals surface area (Å²) in [6.07, 6.45) is 1.10. The van der Waals surface area contributed by atoms with Crippen LogP contribution in [0.5, 0.6) is 0 Å². The van der Waals surface area contributed by atoms with E-state index in [-0.39, 0.29) is 11.8 Å². The van der Waals surface area contributed by atoms with Crippen molar-refractivity contribution < 1.29 is 4.79 Å². The maximum absolute atomic E-state index is 11.5. The van der Waals surface area contributed by atoms with E-state index in [0.29, 0.717) is 18.5 Å². The van der Waals surface area contributed by atoms with E-state index in [0.717, 1.165) is 13.0 Å². The average Bonchev–Trinajstić information content (AvgIpc) is 2.42. The van der Waals surface area contributed by atoms with Crippen LogP contribution in [0.25, 0.3) is 0 Å². The van der Waals surface area contributed by atoms with Crippen molar-refractivity contribution >= 4 is 5.91 Å². The first-order valence-corrected chi connectivity index (χ1v) is 7.56. The molecule has 1 aromatic carbocycles. The summed E-state index contributed by atoms with van der Waals surface area (Å²) in [5.74, 6) is 0.806. The van der Waals surface area contributed by atoms with Crippen molar-refractivity contribution in [2.75, 3.05) is 13.1 Å². The molecule has 0 aliphatic carbocycles. The molecule has 1 aromatic rings. The molecular formula is C17H28N2O. The minimum Gasteiger partial charge on any atom is -0.355 e. The highest BCUT2D eigenvalue weighted by Gasteiger charge is 2.12. The van der Waals surface area contributed by atoms with Crippen LogP contribution >= 0.6 is 0 Å². The molecule has 0 aliphatic heterocycles. The molecule has 20 heavy (non-hydrogen) atoms. The van der Waals surface area contributed by atoms with E-state index in [9.17, 15) is 4.79 Å². The molecule has 1 rings (SSSR count). The number of amides is 1. The van der Waals surface area contributed by atoms with E-state index in [1.54, 1.807) is 0 Å². The maximum Gasteiger partial charge on any atom is 0.222 e. The lowest BCUT2D eigenvalue weighted by Gasteiger charge is -2.21. The zero-order valence-electron chi connectivity index (χ0n) is 13.1. The lowest BCUT2D eigenvalue weighted by molar-refractivity contribution is -0.123. The molecular weight excluding hydrogens is 248 g/mol. The van der Waals surface area contributed by atoms with Crippen LogP contribution in [0.3, 0.4) is 0 Å². The molecule has 0 aromatic heterocycles. The van der Waals surface area contributed by atoms with Crippen molar-refractivity contribution in [2.45, 2.75) is 40.2 Å². The lowest BCUT2D eigenvalue weighted by atomic mass is 9.97. The van der Waals surface area contributed by atoms with Crippen molar-refractivity contribution in [1.82, 2.24) is 10.6 Å². The van der Waals surface area contributed by atoms with Gasteiger partial charge in [-0.15, -0.1) is 0 Å². The molecule has 3 nitrogen and oxygen atoms in total. The average molecular weight is 276 g/mol. The van der Waals surface area contributed by atoms with E-state index < -0.39 is 0 Å². The van der Waals surface area contributed by atoms with Gasteiger partial charge in [0.15, 0.2) is 0 Å². The molecule has 0 aliphatic rings. The summed E-state index contributed by atoms with van der Waals surface area (Å²) in [7, 11) is 0. The van der Waals surface area contributed by atoms with Gasteiger partial charge in [-0.25, -0.2) is 0 Å². The number of hydrogen-bond donors (Lipinski definition) is 2. The Balaban J connectivity index is 2.44. The van der Waals surface area contributed by atoms with Crippen LogP contribution < -0.4 is 10.6 Å². The predicted molar refractivity (Wildman–Crippen MR) is 84.5 cm³/mol. The van der Waals surface area contributed by atoms with Crippen LogP contribution in [0.1, 0.15) is 45.7 Å². The molecule has 112 valence electrons. The zero-order valence-corrected chi connectivity index (χ0v) is 13.1. The fraction of sp³-hybridized carbons (Fsp3) is 0.588. The van der Waals surface area contributed by atoms with E-state index in [1.165, 1.54) is 5.56 Å². The van der Waals surface area contributed by atoms with E-state index in [1.807, 2.05) is 19.9 Å². The van der Waals surface area contributed by atoms with Gasteiger partial charge in [0.2, 0.25) is 5.91 Å². The molecule has 2 N–H and O–H groups in total. The van der Waals surface area contributed by atoms with Crippen LogP contribution in [0, 0.1) is 11.8 Å². The Morgan fingerprint density at radius 3 is 2.25 bits per heavy atom. The Hall–Kier alpha value is -1.35. The normalized spacial score (nSPS) is 12.7. The number of rotatable bonds is 8. The predicted octanol–water partition coefficient (Wildman–Crippen LogP) is 3.14. The topological polar surface area (TPSA) is 41.1 Å². The summed E-state index contributed by atoms with van der Waals surface area (Å²) in [6, 6.07) is 10.9. The third-order valence-electron chi connectivity index (χ3n) is 3.25. The molecule has 3 heteroatoms. The van der Waals surface area contributed by atoms with Crippen molar-refractivity contribution in [3.05, 3.63) is 35.9 Å². The highest BCUT2D eigenvalue weighted by molar-refractivity contribution is 5.77. The van der Waals surface area contributed by atoms with Gasteiger partial charge in [0.25, 0.3) is 0 Å². The molecule has 1 atom stereocenters. The molecule has 0 fully saturated rings.